The first kappa shape index (κ1) is 18.6. The number of halogens is 1. The van der Waals surface area contributed by atoms with Gasteiger partial charge in [-0.2, -0.15) is 5.10 Å². The Morgan fingerprint density at radius 1 is 1.21 bits per heavy atom. The summed E-state index contributed by atoms with van der Waals surface area (Å²) in [7, 11) is 0. The quantitative estimate of drug-likeness (QED) is 0.705. The number of hydrogen-bond donors (Lipinski definition) is 1. The average molecular weight is 413 g/mol. The van der Waals surface area contributed by atoms with E-state index in [0.29, 0.717) is 16.6 Å². The highest BCUT2D eigenvalue weighted by molar-refractivity contribution is 8.00. The summed E-state index contributed by atoms with van der Waals surface area (Å²) in [5.41, 5.74) is 2.26. The van der Waals surface area contributed by atoms with Crippen LogP contribution in [-0.4, -0.2) is 33.9 Å². The van der Waals surface area contributed by atoms with Gasteiger partial charge < -0.3 is 10.2 Å². The van der Waals surface area contributed by atoms with E-state index < -0.39 is 0 Å². The van der Waals surface area contributed by atoms with Crippen molar-refractivity contribution < 1.29 is 9.59 Å². The molecule has 28 heavy (non-hydrogen) atoms. The number of nitrogens with one attached hydrogen (secondary N) is 1. The van der Waals surface area contributed by atoms with E-state index >= 15 is 0 Å². The third-order valence-electron chi connectivity index (χ3n) is 4.26. The van der Waals surface area contributed by atoms with Crippen LogP contribution in [0.25, 0.3) is 5.69 Å². The summed E-state index contributed by atoms with van der Waals surface area (Å²) in [6, 6.07) is 16.6. The van der Waals surface area contributed by atoms with Crippen molar-refractivity contribution in [3.05, 3.63) is 65.3 Å². The van der Waals surface area contributed by atoms with Crippen LogP contribution in [0.5, 0.6) is 0 Å². The number of benzene rings is 2. The van der Waals surface area contributed by atoms with Crippen molar-refractivity contribution in [2.75, 3.05) is 22.5 Å². The fraction of sp³-hybridized carbons (Fsp3) is 0.150. The number of aromatic nitrogens is 2. The number of carbonyl (C=O) groups excluding carboxylic acids is 2. The van der Waals surface area contributed by atoms with Gasteiger partial charge in [-0.25, -0.2) is 4.68 Å². The van der Waals surface area contributed by atoms with Gasteiger partial charge in [0.2, 0.25) is 11.8 Å². The normalized spacial score (nSPS) is 13.4. The number of rotatable bonds is 4. The minimum Gasteiger partial charge on any atom is -0.309 e. The smallest absolute Gasteiger partial charge is 0.245 e. The third-order valence-corrected chi connectivity index (χ3v) is 5.54. The molecule has 1 aliphatic rings. The van der Waals surface area contributed by atoms with Crippen molar-refractivity contribution >= 4 is 46.7 Å². The second kappa shape index (κ2) is 7.69. The Kier molecular flexibility index (Phi) is 5.11. The lowest BCUT2D eigenvalue weighted by molar-refractivity contribution is -0.120. The molecule has 0 unspecified atom stereocenters. The summed E-state index contributed by atoms with van der Waals surface area (Å²) in [4.78, 5) is 27.6. The number of carbonyl (C=O) groups is 2. The summed E-state index contributed by atoms with van der Waals surface area (Å²) in [6.45, 7) is 1.79. The SMILES string of the molecule is Cc1cc(NC(=O)CN2C(=O)CSc3ccccc32)n(-c2cccc(Cl)c2)n1. The highest BCUT2D eigenvalue weighted by Gasteiger charge is 2.26. The molecule has 0 bridgehead atoms. The number of amides is 2. The molecule has 6 nitrogen and oxygen atoms in total. The number of hydrogen-bond acceptors (Lipinski definition) is 4. The maximum Gasteiger partial charge on any atom is 0.245 e. The number of anilines is 2. The molecular formula is C20H17ClN4O2S. The zero-order chi connectivity index (χ0) is 19.7. The van der Waals surface area contributed by atoms with Crippen LogP contribution in [0, 0.1) is 6.92 Å². The Hall–Kier alpha value is -2.77. The van der Waals surface area contributed by atoms with Crippen LogP contribution in [0.2, 0.25) is 5.02 Å². The zero-order valence-corrected chi connectivity index (χ0v) is 16.6. The lowest BCUT2D eigenvalue weighted by Gasteiger charge is -2.28. The summed E-state index contributed by atoms with van der Waals surface area (Å²) in [5, 5.41) is 7.88. The summed E-state index contributed by atoms with van der Waals surface area (Å²) >= 11 is 7.56. The molecule has 0 radical (unpaired) electrons. The first-order valence-corrected chi connectivity index (χ1v) is 10.0. The van der Waals surface area contributed by atoms with Crippen molar-refractivity contribution in [2.45, 2.75) is 11.8 Å². The molecule has 8 heteroatoms. The second-order valence-electron chi connectivity index (χ2n) is 6.35. The minimum atomic E-state index is -0.293. The predicted octanol–water partition coefficient (Wildman–Crippen LogP) is 3.91. The predicted molar refractivity (Wildman–Crippen MR) is 111 cm³/mol. The van der Waals surface area contributed by atoms with E-state index in [9.17, 15) is 9.59 Å². The number of fused-ring (bicyclic) bond motifs is 1. The van der Waals surface area contributed by atoms with Crippen LogP contribution in [0.3, 0.4) is 0 Å². The zero-order valence-electron chi connectivity index (χ0n) is 15.1. The van der Waals surface area contributed by atoms with Gasteiger partial charge in [-0.3, -0.25) is 9.59 Å². The fourth-order valence-corrected chi connectivity index (χ4v) is 4.17. The third kappa shape index (κ3) is 3.76. The number of para-hydroxylation sites is 1. The maximum atomic E-state index is 12.7. The molecule has 1 aliphatic heterocycles. The van der Waals surface area contributed by atoms with E-state index in [-0.39, 0.29) is 18.4 Å². The Morgan fingerprint density at radius 2 is 2.04 bits per heavy atom. The second-order valence-corrected chi connectivity index (χ2v) is 7.80. The van der Waals surface area contributed by atoms with E-state index in [1.807, 2.05) is 43.3 Å². The highest BCUT2D eigenvalue weighted by atomic mass is 35.5. The van der Waals surface area contributed by atoms with Crippen molar-refractivity contribution in [3.63, 3.8) is 0 Å². The van der Waals surface area contributed by atoms with E-state index in [2.05, 4.69) is 10.4 Å². The molecule has 0 saturated heterocycles. The van der Waals surface area contributed by atoms with Crippen molar-refractivity contribution in [1.82, 2.24) is 9.78 Å². The molecule has 2 amide bonds. The van der Waals surface area contributed by atoms with Crippen LogP contribution in [0.15, 0.2) is 59.5 Å². The average Bonchev–Trinajstić information content (AvgIpc) is 3.04. The van der Waals surface area contributed by atoms with E-state index in [1.165, 1.54) is 16.7 Å². The first-order valence-electron chi connectivity index (χ1n) is 8.66. The van der Waals surface area contributed by atoms with E-state index in [0.717, 1.165) is 22.0 Å². The molecule has 1 aromatic heterocycles. The summed E-state index contributed by atoms with van der Waals surface area (Å²) in [6.07, 6.45) is 0. The molecule has 3 aromatic rings. The molecule has 2 heterocycles. The Morgan fingerprint density at radius 3 is 2.86 bits per heavy atom. The Balaban J connectivity index is 1.56. The van der Waals surface area contributed by atoms with E-state index in [1.54, 1.807) is 22.9 Å². The number of thioether (sulfide) groups is 1. The van der Waals surface area contributed by atoms with Gasteiger partial charge in [0, 0.05) is 16.0 Å². The monoisotopic (exact) mass is 412 g/mol. The molecule has 0 atom stereocenters. The molecule has 0 saturated carbocycles. The lowest BCUT2D eigenvalue weighted by atomic mass is 10.2. The summed E-state index contributed by atoms with van der Waals surface area (Å²) < 4.78 is 1.63. The van der Waals surface area contributed by atoms with Crippen molar-refractivity contribution in [2.24, 2.45) is 0 Å². The van der Waals surface area contributed by atoms with Crippen LogP contribution >= 0.6 is 23.4 Å². The molecule has 0 spiro atoms. The Bertz CT molecular complexity index is 1070. The number of nitrogens with zero attached hydrogens (tertiary/aromatic N) is 3. The largest absolute Gasteiger partial charge is 0.309 e. The minimum absolute atomic E-state index is 0.0593. The van der Waals surface area contributed by atoms with Gasteiger partial charge in [0.1, 0.15) is 12.4 Å². The van der Waals surface area contributed by atoms with Gasteiger partial charge >= 0.3 is 0 Å². The van der Waals surface area contributed by atoms with Gasteiger partial charge in [-0.15, -0.1) is 11.8 Å². The van der Waals surface area contributed by atoms with Crippen LogP contribution < -0.4 is 10.2 Å². The molecule has 142 valence electrons. The van der Waals surface area contributed by atoms with Crippen LogP contribution in [0.4, 0.5) is 11.5 Å². The maximum absolute atomic E-state index is 12.7. The van der Waals surface area contributed by atoms with Crippen LogP contribution in [-0.2, 0) is 9.59 Å². The number of aryl methyl sites for hydroxylation is 1. The van der Waals surface area contributed by atoms with Crippen LogP contribution in [0.1, 0.15) is 5.69 Å². The van der Waals surface area contributed by atoms with Gasteiger partial charge in [0.15, 0.2) is 0 Å². The standard InChI is InChI=1S/C20H17ClN4O2S/c1-13-9-18(25(23-13)15-6-4-5-14(21)10-15)22-19(26)11-24-16-7-2-3-8-17(16)28-12-20(24)27/h2-10H,11-12H2,1H3,(H,22,26). The molecule has 2 aromatic carbocycles. The highest BCUT2D eigenvalue weighted by Crippen LogP contribution is 2.34. The first-order chi connectivity index (χ1) is 13.5. The van der Waals surface area contributed by atoms with E-state index in [4.69, 9.17) is 11.6 Å². The Labute approximate surface area is 171 Å². The van der Waals surface area contributed by atoms with Gasteiger partial charge in [0.25, 0.3) is 0 Å². The van der Waals surface area contributed by atoms with Crippen molar-refractivity contribution in [3.8, 4) is 5.69 Å². The molecule has 1 N–H and O–H groups in total. The molecule has 0 fully saturated rings. The molecular weight excluding hydrogens is 396 g/mol. The molecule has 4 rings (SSSR count). The fourth-order valence-electron chi connectivity index (χ4n) is 3.05. The van der Waals surface area contributed by atoms with Gasteiger partial charge in [0.05, 0.1) is 22.8 Å². The lowest BCUT2D eigenvalue weighted by Crippen LogP contribution is -2.41. The van der Waals surface area contributed by atoms with Crippen molar-refractivity contribution in [1.29, 1.82) is 0 Å². The summed E-state index contributed by atoms with van der Waals surface area (Å²) in [5.74, 6) is 0.470. The van der Waals surface area contributed by atoms with Gasteiger partial charge in [-0.1, -0.05) is 29.8 Å². The topological polar surface area (TPSA) is 67.2 Å². The molecule has 0 aliphatic carbocycles. The van der Waals surface area contributed by atoms with Gasteiger partial charge in [-0.05, 0) is 37.3 Å².